The summed E-state index contributed by atoms with van der Waals surface area (Å²) in [5.41, 5.74) is 2.11. The van der Waals surface area contributed by atoms with Crippen molar-refractivity contribution in [1.29, 1.82) is 0 Å². The number of amides is 1. The lowest BCUT2D eigenvalue weighted by Gasteiger charge is -2.35. The van der Waals surface area contributed by atoms with Crippen LogP contribution >= 0.6 is 0 Å². The predicted molar refractivity (Wildman–Crippen MR) is 93.4 cm³/mol. The maximum Gasteiger partial charge on any atom is 0.246 e. The van der Waals surface area contributed by atoms with E-state index in [9.17, 15) is 4.79 Å². The topological polar surface area (TPSA) is 56.2 Å². The molecule has 0 bridgehead atoms. The van der Waals surface area contributed by atoms with Gasteiger partial charge < -0.3 is 19.3 Å². The average Bonchev–Trinajstić information content (AvgIpc) is 3.15. The van der Waals surface area contributed by atoms with Gasteiger partial charge in [0, 0.05) is 50.1 Å². The summed E-state index contributed by atoms with van der Waals surface area (Å²) in [4.78, 5) is 19.6. The molecule has 0 spiro atoms. The largest absolute Gasteiger partial charge is 0.454 e. The van der Waals surface area contributed by atoms with Crippen LogP contribution in [0.4, 0.5) is 5.69 Å². The third-order valence-corrected chi connectivity index (χ3v) is 4.47. The van der Waals surface area contributed by atoms with Crippen molar-refractivity contribution < 1.29 is 19.3 Å². The van der Waals surface area contributed by atoms with Crippen LogP contribution in [0.3, 0.4) is 0 Å². The number of ether oxygens (including phenoxy) is 2. The van der Waals surface area contributed by atoms with Crippen molar-refractivity contribution in [1.82, 2.24) is 4.90 Å². The molecular formula is C19H20N3O3+. The molecule has 1 N–H and O–H groups in total. The van der Waals surface area contributed by atoms with E-state index in [0.29, 0.717) is 0 Å². The number of hydrogen-bond acceptors (Lipinski definition) is 4. The third kappa shape index (κ3) is 3.42. The molecule has 6 nitrogen and oxygen atoms in total. The Hall–Kier alpha value is -3.02. The second-order valence-corrected chi connectivity index (χ2v) is 6.02. The highest BCUT2D eigenvalue weighted by atomic mass is 16.7. The van der Waals surface area contributed by atoms with Gasteiger partial charge in [-0.1, -0.05) is 6.07 Å². The lowest BCUT2D eigenvalue weighted by atomic mass is 10.2. The molecule has 1 amide bonds. The molecule has 2 aliphatic heterocycles. The second-order valence-electron chi connectivity index (χ2n) is 6.02. The number of aromatic amines is 1. The summed E-state index contributed by atoms with van der Waals surface area (Å²) in [6, 6.07) is 9.77. The number of hydrogen-bond donors (Lipinski definition) is 0. The standard InChI is InChI=1S/C19H19N3O3/c23-19(4-2-15-1-3-17-18(13-15)25-14-24-17)22-11-9-21(10-12-22)16-5-7-20-8-6-16/h1-8,13H,9-12,14H2/p+1/b4-2+. The Bertz CT molecular complexity index is 784. The highest BCUT2D eigenvalue weighted by Gasteiger charge is 2.20. The van der Waals surface area contributed by atoms with Crippen LogP contribution in [-0.4, -0.2) is 43.8 Å². The fourth-order valence-electron chi connectivity index (χ4n) is 3.06. The van der Waals surface area contributed by atoms with Gasteiger partial charge in [0.1, 0.15) is 0 Å². The molecule has 3 heterocycles. The van der Waals surface area contributed by atoms with Crippen molar-refractivity contribution in [3.8, 4) is 11.5 Å². The Balaban J connectivity index is 1.34. The molecule has 25 heavy (non-hydrogen) atoms. The van der Waals surface area contributed by atoms with Crippen LogP contribution in [0, 0.1) is 0 Å². The summed E-state index contributed by atoms with van der Waals surface area (Å²) in [5.74, 6) is 1.51. The number of fused-ring (bicyclic) bond motifs is 1. The van der Waals surface area contributed by atoms with E-state index in [1.54, 1.807) is 6.08 Å². The number of H-pyrrole nitrogens is 1. The van der Waals surface area contributed by atoms with Gasteiger partial charge >= 0.3 is 0 Å². The van der Waals surface area contributed by atoms with Crippen molar-refractivity contribution in [3.05, 3.63) is 54.4 Å². The quantitative estimate of drug-likeness (QED) is 0.798. The summed E-state index contributed by atoms with van der Waals surface area (Å²) in [5, 5.41) is 0. The number of aromatic nitrogens is 1. The number of nitrogens with one attached hydrogen (secondary N) is 1. The zero-order valence-corrected chi connectivity index (χ0v) is 13.9. The van der Waals surface area contributed by atoms with Gasteiger partial charge in [0.15, 0.2) is 23.9 Å². The molecule has 6 heteroatoms. The molecule has 0 atom stereocenters. The van der Waals surface area contributed by atoms with Gasteiger partial charge in [0.25, 0.3) is 0 Å². The number of piperazine rings is 1. The summed E-state index contributed by atoms with van der Waals surface area (Å²) in [6.07, 6.45) is 7.29. The number of carbonyl (C=O) groups is 1. The molecule has 0 saturated carbocycles. The van der Waals surface area contributed by atoms with Crippen LogP contribution in [0.25, 0.3) is 6.08 Å². The van der Waals surface area contributed by atoms with Crippen LogP contribution in [0.2, 0.25) is 0 Å². The molecule has 4 rings (SSSR count). The van der Waals surface area contributed by atoms with Gasteiger partial charge in [-0.3, -0.25) is 4.79 Å². The lowest BCUT2D eigenvalue weighted by Crippen LogP contribution is -2.48. The SMILES string of the molecule is O=C(/C=C/c1ccc2c(c1)OCO2)N1CCN(c2cc[nH+]cc2)CC1. The van der Waals surface area contributed by atoms with E-state index in [2.05, 4.69) is 22.0 Å². The highest BCUT2D eigenvalue weighted by molar-refractivity contribution is 5.92. The van der Waals surface area contributed by atoms with Gasteiger partial charge in [-0.25, -0.2) is 4.98 Å². The maximum absolute atomic E-state index is 12.4. The molecule has 1 saturated heterocycles. The minimum atomic E-state index is 0.0405. The first-order valence-electron chi connectivity index (χ1n) is 8.37. The second kappa shape index (κ2) is 6.84. The summed E-state index contributed by atoms with van der Waals surface area (Å²) >= 11 is 0. The number of nitrogens with zero attached hydrogens (tertiary/aromatic N) is 2. The molecule has 2 aliphatic rings. The van der Waals surface area contributed by atoms with Crippen LogP contribution in [0.15, 0.2) is 48.8 Å². The molecule has 0 unspecified atom stereocenters. The van der Waals surface area contributed by atoms with Crippen LogP contribution < -0.4 is 19.4 Å². The summed E-state index contributed by atoms with van der Waals surface area (Å²) in [6.45, 7) is 3.39. The van der Waals surface area contributed by atoms with E-state index in [0.717, 1.165) is 43.2 Å². The van der Waals surface area contributed by atoms with Crippen molar-refractivity contribution in [3.63, 3.8) is 0 Å². The molecule has 0 radical (unpaired) electrons. The summed E-state index contributed by atoms with van der Waals surface area (Å²) < 4.78 is 10.6. The van der Waals surface area contributed by atoms with E-state index >= 15 is 0 Å². The minimum absolute atomic E-state index is 0.0405. The normalized spacial score (nSPS) is 16.5. The molecule has 2 aromatic rings. The fourth-order valence-corrected chi connectivity index (χ4v) is 3.06. The first-order chi connectivity index (χ1) is 12.3. The van der Waals surface area contributed by atoms with Crippen LogP contribution in [-0.2, 0) is 4.79 Å². The van der Waals surface area contributed by atoms with E-state index in [-0.39, 0.29) is 12.7 Å². The van der Waals surface area contributed by atoms with Gasteiger partial charge in [-0.2, -0.15) is 0 Å². The number of benzene rings is 1. The van der Waals surface area contributed by atoms with Crippen molar-refractivity contribution in [2.24, 2.45) is 0 Å². The Kier molecular flexibility index (Phi) is 4.24. The molecule has 1 aromatic heterocycles. The van der Waals surface area contributed by atoms with Crippen LogP contribution in [0.5, 0.6) is 11.5 Å². The highest BCUT2D eigenvalue weighted by Crippen LogP contribution is 2.32. The van der Waals surface area contributed by atoms with E-state index in [1.807, 2.05) is 41.6 Å². The van der Waals surface area contributed by atoms with Crippen LogP contribution in [0.1, 0.15) is 5.56 Å². The molecule has 0 aliphatic carbocycles. The van der Waals surface area contributed by atoms with Crippen molar-refractivity contribution in [2.45, 2.75) is 0 Å². The smallest absolute Gasteiger partial charge is 0.246 e. The average molecular weight is 338 g/mol. The minimum Gasteiger partial charge on any atom is -0.454 e. The monoisotopic (exact) mass is 338 g/mol. The zero-order chi connectivity index (χ0) is 17.1. The number of carbonyl (C=O) groups excluding carboxylic acids is 1. The van der Waals surface area contributed by atoms with Gasteiger partial charge in [0.2, 0.25) is 12.7 Å². The number of pyridine rings is 1. The fraction of sp³-hybridized carbons (Fsp3) is 0.263. The molecule has 1 aromatic carbocycles. The number of rotatable bonds is 3. The van der Waals surface area contributed by atoms with E-state index in [4.69, 9.17) is 9.47 Å². The van der Waals surface area contributed by atoms with Gasteiger partial charge in [-0.15, -0.1) is 0 Å². The number of anilines is 1. The third-order valence-electron chi connectivity index (χ3n) is 4.47. The van der Waals surface area contributed by atoms with Crippen molar-refractivity contribution in [2.75, 3.05) is 37.9 Å². The van der Waals surface area contributed by atoms with Gasteiger partial charge in [-0.05, 0) is 23.8 Å². The van der Waals surface area contributed by atoms with Crippen molar-refractivity contribution >= 4 is 17.7 Å². The zero-order valence-electron chi connectivity index (χ0n) is 13.9. The van der Waals surface area contributed by atoms with E-state index < -0.39 is 0 Å². The predicted octanol–water partition coefficient (Wildman–Crippen LogP) is 1.59. The Morgan fingerprint density at radius 2 is 1.76 bits per heavy atom. The summed E-state index contributed by atoms with van der Waals surface area (Å²) in [7, 11) is 0. The van der Waals surface area contributed by atoms with E-state index in [1.165, 1.54) is 5.69 Å². The Labute approximate surface area is 146 Å². The van der Waals surface area contributed by atoms with Gasteiger partial charge in [0.05, 0.1) is 0 Å². The maximum atomic E-state index is 12.4. The lowest BCUT2D eigenvalue weighted by molar-refractivity contribution is -0.377. The Morgan fingerprint density at radius 3 is 2.56 bits per heavy atom. The molecule has 1 fully saturated rings. The molecular weight excluding hydrogens is 318 g/mol. The Morgan fingerprint density at radius 1 is 1.00 bits per heavy atom. The first-order valence-corrected chi connectivity index (χ1v) is 8.37. The molecule has 128 valence electrons. The first kappa shape index (κ1) is 15.5.